The van der Waals surface area contributed by atoms with E-state index in [9.17, 15) is 31.5 Å². The third-order valence-corrected chi connectivity index (χ3v) is 5.77. The van der Waals surface area contributed by atoms with Crippen LogP contribution in [0.25, 0.3) is 16.8 Å². The number of carbonyl (C=O) groups excluding carboxylic acids is 2. The highest BCUT2D eigenvalue weighted by atomic mass is 19.4. The molecule has 1 aliphatic rings. The number of aromatic nitrogens is 3. The van der Waals surface area contributed by atoms with Crippen LogP contribution in [0.2, 0.25) is 0 Å². The first-order valence-corrected chi connectivity index (χ1v) is 10.6. The molecule has 36 heavy (non-hydrogen) atoms. The zero-order valence-electron chi connectivity index (χ0n) is 18.9. The number of nitrogens with one attached hydrogen (secondary N) is 1. The summed E-state index contributed by atoms with van der Waals surface area (Å²) in [6.45, 7) is 1.23. The topological polar surface area (TPSA) is 106 Å². The maximum absolute atomic E-state index is 15.4. The number of hydrogen-bond acceptors (Lipinski definition) is 5. The number of halogens is 6. The number of alkyl halides is 5. The third-order valence-electron chi connectivity index (χ3n) is 5.77. The lowest BCUT2D eigenvalue weighted by atomic mass is 10.1. The van der Waals surface area contributed by atoms with E-state index < -0.39 is 76.3 Å². The molecule has 3 N–H and O–H groups in total. The Kier molecular flexibility index (Phi) is 6.09. The molecule has 1 saturated heterocycles. The normalized spacial score (nSPS) is 18.6. The Labute approximate surface area is 200 Å². The van der Waals surface area contributed by atoms with Crippen LogP contribution in [0.3, 0.4) is 0 Å². The molecule has 0 spiro atoms. The van der Waals surface area contributed by atoms with Crippen LogP contribution in [0.1, 0.15) is 29.8 Å². The number of anilines is 1. The number of nitrogen functional groups attached to an aromatic ring is 1. The average Bonchev–Trinajstić information content (AvgIpc) is 3.34. The van der Waals surface area contributed by atoms with Crippen LogP contribution in [0, 0.1) is 5.82 Å². The molecule has 1 fully saturated rings. The van der Waals surface area contributed by atoms with Crippen LogP contribution >= 0.6 is 0 Å². The van der Waals surface area contributed by atoms with Gasteiger partial charge in [0, 0.05) is 12.1 Å². The molecule has 0 saturated carbocycles. The summed E-state index contributed by atoms with van der Waals surface area (Å²) < 4.78 is 85.4. The summed E-state index contributed by atoms with van der Waals surface area (Å²) in [6.07, 6.45) is -5.70. The van der Waals surface area contributed by atoms with Crippen molar-refractivity contribution in [3.05, 3.63) is 47.5 Å². The summed E-state index contributed by atoms with van der Waals surface area (Å²) in [4.78, 5) is 29.3. The van der Waals surface area contributed by atoms with Crippen LogP contribution in [-0.2, 0) is 11.0 Å². The summed E-state index contributed by atoms with van der Waals surface area (Å²) in [7, 11) is 0. The number of nitrogens with two attached hydrogens (primary N) is 1. The number of nitrogens with zero attached hydrogens (tertiary/aromatic N) is 4. The van der Waals surface area contributed by atoms with Gasteiger partial charge in [0.1, 0.15) is 23.8 Å². The highest BCUT2D eigenvalue weighted by Gasteiger charge is 2.42. The summed E-state index contributed by atoms with van der Waals surface area (Å²) in [5, 5.41) is 6.02. The number of likely N-dealkylation sites (tertiary alicyclic amines) is 1. The minimum atomic E-state index is -4.86. The maximum atomic E-state index is 15.4. The summed E-state index contributed by atoms with van der Waals surface area (Å²) in [5.74, 6) is -3.70. The van der Waals surface area contributed by atoms with Gasteiger partial charge in [0.2, 0.25) is 0 Å². The van der Waals surface area contributed by atoms with Crippen molar-refractivity contribution in [1.29, 1.82) is 0 Å². The van der Waals surface area contributed by atoms with E-state index in [1.165, 1.54) is 6.07 Å². The smallest absolute Gasteiger partial charge is 0.382 e. The molecule has 0 unspecified atom stereocenters. The van der Waals surface area contributed by atoms with Crippen LogP contribution < -0.4 is 11.1 Å². The number of carbonyl (C=O) groups is 2. The second kappa shape index (κ2) is 8.68. The van der Waals surface area contributed by atoms with E-state index in [2.05, 4.69) is 15.4 Å². The van der Waals surface area contributed by atoms with Crippen LogP contribution in [0.15, 0.2) is 30.6 Å². The lowest BCUT2D eigenvalue weighted by molar-refractivity contribution is -0.141. The van der Waals surface area contributed by atoms with Gasteiger partial charge in [-0.05, 0) is 32.0 Å². The van der Waals surface area contributed by atoms with E-state index in [-0.39, 0.29) is 12.2 Å². The van der Waals surface area contributed by atoms with E-state index in [4.69, 9.17) is 5.73 Å². The molecule has 14 heteroatoms. The SMILES string of the molecule is CC(C)(F)C(=O)N1C[C@H](F)[C@H](NC(=O)c2cccc(-c3cc(C(F)(F)F)c4c(N)ncnn34)c2F)C1. The van der Waals surface area contributed by atoms with Gasteiger partial charge in [-0.1, -0.05) is 6.07 Å². The Hall–Kier alpha value is -3.84. The fourth-order valence-corrected chi connectivity index (χ4v) is 4.07. The number of rotatable bonds is 4. The van der Waals surface area contributed by atoms with Crippen molar-refractivity contribution in [3.63, 3.8) is 0 Å². The predicted octanol–water partition coefficient (Wildman–Crippen LogP) is 3.16. The van der Waals surface area contributed by atoms with Crippen molar-refractivity contribution in [3.8, 4) is 11.3 Å². The summed E-state index contributed by atoms with van der Waals surface area (Å²) >= 11 is 0. The maximum Gasteiger partial charge on any atom is 0.418 e. The van der Waals surface area contributed by atoms with E-state index in [1.54, 1.807) is 0 Å². The largest absolute Gasteiger partial charge is 0.418 e. The molecule has 3 heterocycles. The fraction of sp³-hybridized carbons (Fsp3) is 0.364. The fourth-order valence-electron chi connectivity index (χ4n) is 4.07. The van der Waals surface area contributed by atoms with Gasteiger partial charge in [-0.2, -0.15) is 18.3 Å². The molecule has 3 aromatic rings. The molecule has 192 valence electrons. The number of fused-ring (bicyclic) bond motifs is 1. The molecule has 1 aromatic carbocycles. The zero-order valence-corrected chi connectivity index (χ0v) is 18.9. The van der Waals surface area contributed by atoms with Crippen molar-refractivity contribution >= 4 is 23.1 Å². The van der Waals surface area contributed by atoms with Crippen molar-refractivity contribution in [1.82, 2.24) is 24.8 Å². The van der Waals surface area contributed by atoms with Crippen LogP contribution in [0.5, 0.6) is 0 Å². The molecule has 2 atom stereocenters. The lowest BCUT2D eigenvalue weighted by Crippen LogP contribution is -2.44. The quantitative estimate of drug-likeness (QED) is 0.521. The Balaban J connectivity index is 1.67. The molecule has 8 nitrogen and oxygen atoms in total. The minimum absolute atomic E-state index is 0.338. The lowest BCUT2D eigenvalue weighted by Gasteiger charge is -2.22. The predicted molar refractivity (Wildman–Crippen MR) is 116 cm³/mol. The van der Waals surface area contributed by atoms with Crippen molar-refractivity contribution in [2.24, 2.45) is 0 Å². The highest BCUT2D eigenvalue weighted by Crippen LogP contribution is 2.39. The number of hydrogen-bond donors (Lipinski definition) is 2. The van der Waals surface area contributed by atoms with E-state index in [0.29, 0.717) is 6.07 Å². The number of amides is 2. The van der Waals surface area contributed by atoms with Gasteiger partial charge < -0.3 is 16.0 Å². The molecule has 0 bridgehead atoms. The second-order valence-corrected chi connectivity index (χ2v) is 8.79. The van der Waals surface area contributed by atoms with Gasteiger partial charge in [-0.3, -0.25) is 9.59 Å². The van der Waals surface area contributed by atoms with Gasteiger partial charge in [-0.15, -0.1) is 0 Å². The van der Waals surface area contributed by atoms with E-state index in [1.807, 2.05) is 0 Å². The van der Waals surface area contributed by atoms with E-state index in [0.717, 1.165) is 41.7 Å². The molecule has 1 aliphatic heterocycles. The highest BCUT2D eigenvalue weighted by molar-refractivity contribution is 5.96. The molecule has 0 radical (unpaired) electrons. The Bertz CT molecular complexity index is 1350. The van der Waals surface area contributed by atoms with Gasteiger partial charge in [0.25, 0.3) is 11.8 Å². The minimum Gasteiger partial charge on any atom is -0.382 e. The van der Waals surface area contributed by atoms with Crippen molar-refractivity contribution in [2.75, 3.05) is 18.8 Å². The summed E-state index contributed by atoms with van der Waals surface area (Å²) in [5.41, 5.74) is 0.256. The molecular formula is C22H20F6N6O2. The second-order valence-electron chi connectivity index (χ2n) is 8.79. The Morgan fingerprint density at radius 3 is 2.50 bits per heavy atom. The van der Waals surface area contributed by atoms with Crippen LogP contribution in [-0.4, -0.2) is 62.3 Å². The standard InChI is InChI=1S/C22H20F6N6O2/c1-21(2,25)20(36)33-7-13(23)14(8-33)32-19(35)11-5-3-4-10(16(11)24)15-6-12(22(26,27)28)17-18(29)30-9-31-34(15)17/h3-6,9,13-14H,7-8H2,1-2H3,(H,32,35)(H2,29,30,31)/t13-,14+/m0/s1. The third kappa shape index (κ3) is 4.42. The van der Waals surface area contributed by atoms with Gasteiger partial charge >= 0.3 is 6.18 Å². The molecule has 4 rings (SSSR count). The van der Waals surface area contributed by atoms with Gasteiger partial charge in [-0.25, -0.2) is 22.7 Å². The number of benzene rings is 1. The summed E-state index contributed by atoms with van der Waals surface area (Å²) in [6, 6.07) is 2.83. The average molecular weight is 514 g/mol. The van der Waals surface area contributed by atoms with Gasteiger partial charge in [0.15, 0.2) is 11.5 Å². The van der Waals surface area contributed by atoms with Crippen LogP contribution in [0.4, 0.5) is 32.2 Å². The van der Waals surface area contributed by atoms with Crippen molar-refractivity contribution in [2.45, 2.75) is 37.9 Å². The first-order chi connectivity index (χ1) is 16.7. The monoisotopic (exact) mass is 514 g/mol. The van der Waals surface area contributed by atoms with Crippen molar-refractivity contribution < 1.29 is 35.9 Å². The molecular weight excluding hydrogens is 494 g/mol. The van der Waals surface area contributed by atoms with E-state index >= 15 is 4.39 Å². The molecule has 2 amide bonds. The molecule has 2 aromatic heterocycles. The Morgan fingerprint density at radius 2 is 1.86 bits per heavy atom. The molecule has 0 aliphatic carbocycles. The first kappa shape index (κ1) is 25.3. The van der Waals surface area contributed by atoms with Gasteiger partial charge in [0.05, 0.1) is 29.4 Å². The Morgan fingerprint density at radius 1 is 1.17 bits per heavy atom. The first-order valence-electron chi connectivity index (χ1n) is 10.6. The zero-order chi connectivity index (χ0) is 26.6.